The Morgan fingerprint density at radius 3 is 2.80 bits per heavy atom. The summed E-state index contributed by atoms with van der Waals surface area (Å²) in [5.74, 6) is 0. The van der Waals surface area contributed by atoms with Crippen molar-refractivity contribution in [2.45, 2.75) is 29.9 Å². The standard InChI is InChI=1S/C12H15Cl2NO4S/c1-8-12(16,4-5-19-8)7-15-20(17,18)11-6-9(13)2-3-10(11)14/h2-3,6,8,15-16H,4-5,7H2,1H3. The topological polar surface area (TPSA) is 75.6 Å². The van der Waals surface area contributed by atoms with Crippen LogP contribution in [0, 0.1) is 0 Å². The van der Waals surface area contributed by atoms with Crippen molar-refractivity contribution in [3.05, 3.63) is 28.2 Å². The molecule has 0 aromatic heterocycles. The van der Waals surface area contributed by atoms with Gasteiger partial charge in [-0.25, -0.2) is 13.1 Å². The largest absolute Gasteiger partial charge is 0.386 e. The molecule has 1 fully saturated rings. The number of rotatable bonds is 4. The van der Waals surface area contributed by atoms with Crippen molar-refractivity contribution >= 4 is 33.2 Å². The third-order valence-corrected chi connectivity index (χ3v) is 5.53. The van der Waals surface area contributed by atoms with Gasteiger partial charge in [0.25, 0.3) is 0 Å². The van der Waals surface area contributed by atoms with Crippen molar-refractivity contribution < 1.29 is 18.3 Å². The van der Waals surface area contributed by atoms with Crippen molar-refractivity contribution in [2.75, 3.05) is 13.2 Å². The summed E-state index contributed by atoms with van der Waals surface area (Å²) in [7, 11) is -3.84. The van der Waals surface area contributed by atoms with E-state index in [-0.39, 0.29) is 21.5 Å². The first-order valence-electron chi connectivity index (χ1n) is 6.03. The highest BCUT2D eigenvalue weighted by Crippen LogP contribution is 2.27. The van der Waals surface area contributed by atoms with Crippen LogP contribution in [0.3, 0.4) is 0 Å². The van der Waals surface area contributed by atoms with E-state index in [1.807, 2.05) is 0 Å². The molecule has 112 valence electrons. The molecule has 1 saturated heterocycles. The van der Waals surface area contributed by atoms with Gasteiger partial charge in [0, 0.05) is 24.6 Å². The van der Waals surface area contributed by atoms with E-state index in [1.54, 1.807) is 6.92 Å². The number of hydrogen-bond donors (Lipinski definition) is 2. The van der Waals surface area contributed by atoms with E-state index < -0.39 is 21.7 Å². The molecule has 1 aromatic rings. The second kappa shape index (κ2) is 5.79. The second-order valence-corrected chi connectivity index (χ2v) is 7.34. The fraction of sp³-hybridized carbons (Fsp3) is 0.500. The zero-order chi connectivity index (χ0) is 15.0. The number of nitrogens with one attached hydrogen (secondary N) is 1. The van der Waals surface area contributed by atoms with Crippen LogP contribution in [-0.2, 0) is 14.8 Å². The Kier molecular flexibility index (Phi) is 4.63. The van der Waals surface area contributed by atoms with E-state index in [9.17, 15) is 13.5 Å². The second-order valence-electron chi connectivity index (χ2n) is 4.77. The molecule has 2 unspecified atom stereocenters. The Hall–Kier alpha value is -0.370. The summed E-state index contributed by atoms with van der Waals surface area (Å²) in [5, 5.41) is 10.6. The molecule has 8 heteroatoms. The minimum Gasteiger partial charge on any atom is -0.386 e. The van der Waals surface area contributed by atoms with Gasteiger partial charge < -0.3 is 9.84 Å². The molecule has 1 aromatic carbocycles. The van der Waals surface area contributed by atoms with Crippen molar-refractivity contribution in [1.82, 2.24) is 4.72 Å². The summed E-state index contributed by atoms with van der Waals surface area (Å²) >= 11 is 11.7. The maximum atomic E-state index is 12.2. The van der Waals surface area contributed by atoms with Crippen molar-refractivity contribution in [3.63, 3.8) is 0 Å². The summed E-state index contributed by atoms with van der Waals surface area (Å²) < 4.78 is 32.0. The number of aliphatic hydroxyl groups is 1. The quantitative estimate of drug-likeness (QED) is 0.877. The van der Waals surface area contributed by atoms with Crippen LogP contribution in [0.25, 0.3) is 0 Å². The molecule has 1 aliphatic rings. The van der Waals surface area contributed by atoms with Gasteiger partial charge in [-0.2, -0.15) is 0 Å². The number of ether oxygens (including phenoxy) is 1. The first-order valence-corrected chi connectivity index (χ1v) is 8.27. The highest BCUT2D eigenvalue weighted by Gasteiger charge is 2.40. The summed E-state index contributed by atoms with van der Waals surface area (Å²) in [4.78, 5) is -0.109. The molecule has 0 amide bonds. The number of benzene rings is 1. The molecule has 5 nitrogen and oxygen atoms in total. The van der Waals surface area contributed by atoms with Crippen LogP contribution in [0.5, 0.6) is 0 Å². The summed E-state index contributed by atoms with van der Waals surface area (Å²) in [6.45, 7) is 1.96. The molecule has 0 aliphatic carbocycles. The molecule has 2 rings (SSSR count). The SMILES string of the molecule is CC1OCCC1(O)CNS(=O)(=O)c1cc(Cl)ccc1Cl. The fourth-order valence-corrected chi connectivity index (χ4v) is 3.85. The van der Waals surface area contributed by atoms with Crippen LogP contribution in [0.1, 0.15) is 13.3 Å². The average Bonchev–Trinajstić information content (AvgIpc) is 2.71. The third-order valence-electron chi connectivity index (χ3n) is 3.41. The van der Waals surface area contributed by atoms with E-state index >= 15 is 0 Å². The van der Waals surface area contributed by atoms with Crippen LogP contribution in [0.15, 0.2) is 23.1 Å². The number of sulfonamides is 1. The van der Waals surface area contributed by atoms with Gasteiger partial charge in [-0.15, -0.1) is 0 Å². The van der Waals surface area contributed by atoms with Gasteiger partial charge in [0.05, 0.1) is 11.1 Å². The molecule has 0 saturated carbocycles. The van der Waals surface area contributed by atoms with Crippen LogP contribution in [0.4, 0.5) is 0 Å². The lowest BCUT2D eigenvalue weighted by Crippen LogP contribution is -2.47. The lowest BCUT2D eigenvalue weighted by Gasteiger charge is -2.26. The zero-order valence-electron chi connectivity index (χ0n) is 10.8. The molecule has 2 atom stereocenters. The maximum Gasteiger partial charge on any atom is 0.242 e. The van der Waals surface area contributed by atoms with Gasteiger partial charge in [-0.1, -0.05) is 23.2 Å². The van der Waals surface area contributed by atoms with Crippen molar-refractivity contribution in [1.29, 1.82) is 0 Å². The fourth-order valence-electron chi connectivity index (χ4n) is 1.98. The third kappa shape index (κ3) is 3.27. The Balaban J connectivity index is 2.18. The molecule has 2 N–H and O–H groups in total. The van der Waals surface area contributed by atoms with E-state index in [4.69, 9.17) is 27.9 Å². The first-order chi connectivity index (χ1) is 9.24. The minimum absolute atomic E-state index is 0.0737. The molecule has 0 spiro atoms. The Bertz CT molecular complexity index is 607. The molecule has 1 aliphatic heterocycles. The van der Waals surface area contributed by atoms with E-state index in [0.29, 0.717) is 13.0 Å². The summed E-state index contributed by atoms with van der Waals surface area (Å²) in [6, 6.07) is 4.18. The summed E-state index contributed by atoms with van der Waals surface area (Å²) in [5.41, 5.74) is -1.21. The normalized spacial score (nSPS) is 26.9. The highest BCUT2D eigenvalue weighted by atomic mass is 35.5. The highest BCUT2D eigenvalue weighted by molar-refractivity contribution is 7.89. The van der Waals surface area contributed by atoms with Crippen LogP contribution < -0.4 is 4.72 Å². The van der Waals surface area contributed by atoms with Crippen molar-refractivity contribution in [2.24, 2.45) is 0 Å². The van der Waals surface area contributed by atoms with Gasteiger partial charge in [0.1, 0.15) is 10.5 Å². The Morgan fingerprint density at radius 2 is 2.20 bits per heavy atom. The average molecular weight is 340 g/mol. The molecular formula is C12H15Cl2NO4S. The molecule has 20 heavy (non-hydrogen) atoms. The van der Waals surface area contributed by atoms with Gasteiger partial charge in [0.15, 0.2) is 0 Å². The van der Waals surface area contributed by atoms with E-state index in [0.717, 1.165) is 0 Å². The maximum absolute atomic E-state index is 12.2. The first kappa shape index (κ1) is 16.0. The molecule has 0 radical (unpaired) electrons. The summed E-state index contributed by atoms with van der Waals surface area (Å²) in [6.07, 6.45) is -0.0556. The van der Waals surface area contributed by atoms with Gasteiger partial charge in [-0.3, -0.25) is 0 Å². The Morgan fingerprint density at radius 1 is 1.50 bits per heavy atom. The van der Waals surface area contributed by atoms with Crippen LogP contribution >= 0.6 is 23.2 Å². The number of halogens is 2. The molecule has 0 bridgehead atoms. The van der Waals surface area contributed by atoms with E-state index in [1.165, 1.54) is 18.2 Å². The van der Waals surface area contributed by atoms with E-state index in [2.05, 4.69) is 4.72 Å². The smallest absolute Gasteiger partial charge is 0.242 e. The number of hydrogen-bond acceptors (Lipinski definition) is 4. The Labute approximate surface area is 127 Å². The van der Waals surface area contributed by atoms with Gasteiger partial charge in [0.2, 0.25) is 10.0 Å². The van der Waals surface area contributed by atoms with Gasteiger partial charge >= 0.3 is 0 Å². The van der Waals surface area contributed by atoms with Gasteiger partial charge in [-0.05, 0) is 25.1 Å². The molecule has 1 heterocycles. The lowest BCUT2D eigenvalue weighted by molar-refractivity contribution is -0.0228. The van der Waals surface area contributed by atoms with Crippen LogP contribution in [-0.4, -0.2) is 38.4 Å². The lowest BCUT2D eigenvalue weighted by atomic mass is 9.97. The zero-order valence-corrected chi connectivity index (χ0v) is 13.1. The predicted molar refractivity (Wildman–Crippen MR) is 76.6 cm³/mol. The van der Waals surface area contributed by atoms with Crippen molar-refractivity contribution in [3.8, 4) is 0 Å². The molecular weight excluding hydrogens is 325 g/mol. The predicted octanol–water partition coefficient (Wildman–Crippen LogP) is 1.81. The monoisotopic (exact) mass is 339 g/mol. The minimum atomic E-state index is -3.84. The van der Waals surface area contributed by atoms with Crippen LogP contribution in [0.2, 0.25) is 10.0 Å².